The van der Waals surface area contributed by atoms with Crippen molar-refractivity contribution in [3.05, 3.63) is 30.1 Å². The van der Waals surface area contributed by atoms with Crippen LogP contribution in [0.2, 0.25) is 0 Å². The van der Waals surface area contributed by atoms with Crippen molar-refractivity contribution >= 4 is 11.6 Å². The van der Waals surface area contributed by atoms with Gasteiger partial charge in [-0.15, -0.1) is 0 Å². The van der Waals surface area contributed by atoms with Crippen molar-refractivity contribution in [2.24, 2.45) is 5.92 Å². The largest absolute Gasteiger partial charge is 0.322 e. The van der Waals surface area contributed by atoms with Crippen LogP contribution in [0.25, 0.3) is 0 Å². The maximum Gasteiger partial charge on any atom is 0.238 e. The normalized spacial score (nSPS) is 16.9. The molecule has 0 aromatic heterocycles. The number of halogens is 1. The third kappa shape index (κ3) is 5.10. The molecule has 1 aliphatic heterocycles. The monoisotopic (exact) mass is 293 g/mol. The van der Waals surface area contributed by atoms with E-state index in [2.05, 4.69) is 15.5 Å². The predicted molar refractivity (Wildman–Crippen MR) is 82.7 cm³/mol. The standard InChI is InChI=1S/C16H24FN3O/c1-18-9-6-13-7-10-20(11-8-13)12-16(21)19-15-5-3-2-4-14(15)17/h2-5,13,18H,6-12H2,1H3,(H,19,21). The molecule has 0 bridgehead atoms. The van der Waals surface area contributed by atoms with Crippen molar-refractivity contribution in [3.63, 3.8) is 0 Å². The Bertz CT molecular complexity index is 459. The summed E-state index contributed by atoms with van der Waals surface area (Å²) < 4.78 is 13.5. The van der Waals surface area contributed by atoms with E-state index in [1.165, 1.54) is 12.5 Å². The number of rotatable bonds is 6. The average molecular weight is 293 g/mol. The summed E-state index contributed by atoms with van der Waals surface area (Å²) in [6.45, 7) is 3.28. The molecule has 1 heterocycles. The lowest BCUT2D eigenvalue weighted by Gasteiger charge is -2.31. The molecule has 1 fully saturated rings. The third-order valence-corrected chi connectivity index (χ3v) is 4.02. The first-order chi connectivity index (χ1) is 10.2. The molecule has 0 atom stereocenters. The number of piperidine rings is 1. The summed E-state index contributed by atoms with van der Waals surface area (Å²) in [5.74, 6) is 0.216. The van der Waals surface area contributed by atoms with Gasteiger partial charge in [0, 0.05) is 0 Å². The lowest BCUT2D eigenvalue weighted by Crippen LogP contribution is -2.39. The minimum atomic E-state index is -0.392. The number of amides is 1. The van der Waals surface area contributed by atoms with Crippen LogP contribution in [0.15, 0.2) is 24.3 Å². The third-order valence-electron chi connectivity index (χ3n) is 4.02. The van der Waals surface area contributed by atoms with Gasteiger partial charge in [-0.3, -0.25) is 9.69 Å². The zero-order valence-corrected chi connectivity index (χ0v) is 12.6. The number of carbonyl (C=O) groups is 1. The SMILES string of the molecule is CNCCC1CCN(CC(=O)Nc2ccccc2F)CC1. The number of nitrogens with zero attached hydrogens (tertiary/aromatic N) is 1. The number of nitrogens with one attached hydrogen (secondary N) is 2. The van der Waals surface area contributed by atoms with E-state index in [-0.39, 0.29) is 11.6 Å². The fourth-order valence-electron chi connectivity index (χ4n) is 2.74. The Morgan fingerprint density at radius 2 is 2.05 bits per heavy atom. The Hall–Kier alpha value is -1.46. The minimum Gasteiger partial charge on any atom is -0.322 e. The Morgan fingerprint density at radius 3 is 2.71 bits per heavy atom. The number of anilines is 1. The number of likely N-dealkylation sites (tertiary alicyclic amines) is 1. The van der Waals surface area contributed by atoms with Gasteiger partial charge < -0.3 is 10.6 Å². The van der Waals surface area contributed by atoms with Gasteiger partial charge in [0.1, 0.15) is 5.82 Å². The number of para-hydroxylation sites is 1. The maximum absolute atomic E-state index is 13.5. The highest BCUT2D eigenvalue weighted by atomic mass is 19.1. The molecule has 1 aromatic rings. The molecule has 2 rings (SSSR count). The smallest absolute Gasteiger partial charge is 0.238 e. The van der Waals surface area contributed by atoms with Crippen molar-refractivity contribution in [2.45, 2.75) is 19.3 Å². The van der Waals surface area contributed by atoms with Crippen molar-refractivity contribution < 1.29 is 9.18 Å². The van der Waals surface area contributed by atoms with Gasteiger partial charge in [-0.2, -0.15) is 0 Å². The number of benzene rings is 1. The molecule has 0 saturated carbocycles. The van der Waals surface area contributed by atoms with Gasteiger partial charge in [-0.1, -0.05) is 12.1 Å². The zero-order valence-electron chi connectivity index (χ0n) is 12.6. The highest BCUT2D eigenvalue weighted by molar-refractivity contribution is 5.92. The molecule has 1 amide bonds. The highest BCUT2D eigenvalue weighted by Crippen LogP contribution is 2.20. The molecule has 5 heteroatoms. The van der Waals surface area contributed by atoms with Gasteiger partial charge in [0.05, 0.1) is 12.2 Å². The molecular formula is C16H24FN3O. The molecule has 0 radical (unpaired) electrons. The number of hydrogen-bond acceptors (Lipinski definition) is 3. The van der Waals surface area contributed by atoms with Gasteiger partial charge in [0.15, 0.2) is 0 Å². The second-order valence-electron chi connectivity index (χ2n) is 5.64. The molecule has 0 unspecified atom stereocenters. The zero-order chi connectivity index (χ0) is 15.1. The summed E-state index contributed by atoms with van der Waals surface area (Å²) >= 11 is 0. The molecule has 0 spiro atoms. The van der Waals surface area contributed by atoms with Crippen LogP contribution in [-0.2, 0) is 4.79 Å². The fourth-order valence-corrected chi connectivity index (χ4v) is 2.74. The van der Waals surface area contributed by atoms with E-state index in [0.717, 1.165) is 38.4 Å². The fraction of sp³-hybridized carbons (Fsp3) is 0.562. The average Bonchev–Trinajstić information content (AvgIpc) is 2.49. The molecule has 0 aliphatic carbocycles. The summed E-state index contributed by atoms with van der Waals surface area (Å²) in [6, 6.07) is 6.26. The van der Waals surface area contributed by atoms with Crippen LogP contribution in [-0.4, -0.2) is 44.0 Å². The molecule has 1 aliphatic rings. The van der Waals surface area contributed by atoms with Crippen LogP contribution in [0.1, 0.15) is 19.3 Å². The van der Waals surface area contributed by atoms with Gasteiger partial charge in [-0.25, -0.2) is 4.39 Å². The minimum absolute atomic E-state index is 0.145. The van der Waals surface area contributed by atoms with E-state index in [0.29, 0.717) is 6.54 Å². The van der Waals surface area contributed by atoms with Crippen molar-refractivity contribution in [2.75, 3.05) is 38.5 Å². The van der Waals surface area contributed by atoms with Gasteiger partial charge in [-0.05, 0) is 64.0 Å². The van der Waals surface area contributed by atoms with Crippen LogP contribution in [0.3, 0.4) is 0 Å². The van der Waals surface area contributed by atoms with Gasteiger partial charge in [0.25, 0.3) is 0 Å². The van der Waals surface area contributed by atoms with Crippen LogP contribution in [0.4, 0.5) is 10.1 Å². The molecule has 21 heavy (non-hydrogen) atoms. The summed E-state index contributed by atoms with van der Waals surface area (Å²) in [4.78, 5) is 14.1. The molecule has 1 saturated heterocycles. The second-order valence-corrected chi connectivity index (χ2v) is 5.64. The first-order valence-corrected chi connectivity index (χ1v) is 7.60. The molecule has 1 aromatic carbocycles. The van der Waals surface area contributed by atoms with Crippen LogP contribution in [0.5, 0.6) is 0 Å². The number of hydrogen-bond donors (Lipinski definition) is 2. The summed E-state index contributed by atoms with van der Waals surface area (Å²) in [6.07, 6.45) is 3.47. The molecule has 116 valence electrons. The Morgan fingerprint density at radius 1 is 1.33 bits per heavy atom. The second kappa shape index (κ2) is 8.10. The highest BCUT2D eigenvalue weighted by Gasteiger charge is 2.20. The molecule has 4 nitrogen and oxygen atoms in total. The van der Waals surface area contributed by atoms with E-state index in [1.54, 1.807) is 18.2 Å². The van der Waals surface area contributed by atoms with Crippen LogP contribution < -0.4 is 10.6 Å². The van der Waals surface area contributed by atoms with Crippen molar-refractivity contribution in [1.82, 2.24) is 10.2 Å². The van der Waals surface area contributed by atoms with Crippen LogP contribution >= 0.6 is 0 Å². The van der Waals surface area contributed by atoms with Gasteiger partial charge in [0.2, 0.25) is 5.91 Å². The Balaban J connectivity index is 1.73. The Kier molecular flexibility index (Phi) is 6.14. The van der Waals surface area contributed by atoms with E-state index >= 15 is 0 Å². The lowest BCUT2D eigenvalue weighted by atomic mass is 9.93. The summed E-state index contributed by atoms with van der Waals surface area (Å²) in [5.41, 5.74) is 0.256. The Labute approximate surface area is 125 Å². The topological polar surface area (TPSA) is 44.4 Å². The van der Waals surface area contributed by atoms with E-state index in [9.17, 15) is 9.18 Å². The lowest BCUT2D eigenvalue weighted by molar-refractivity contribution is -0.117. The van der Waals surface area contributed by atoms with E-state index in [4.69, 9.17) is 0 Å². The first-order valence-electron chi connectivity index (χ1n) is 7.60. The van der Waals surface area contributed by atoms with E-state index in [1.807, 2.05) is 7.05 Å². The quantitative estimate of drug-likeness (QED) is 0.844. The van der Waals surface area contributed by atoms with E-state index < -0.39 is 5.82 Å². The molecule has 2 N–H and O–H groups in total. The van der Waals surface area contributed by atoms with Crippen LogP contribution in [0, 0.1) is 11.7 Å². The first kappa shape index (κ1) is 15.9. The maximum atomic E-state index is 13.5. The summed E-state index contributed by atoms with van der Waals surface area (Å²) in [7, 11) is 1.97. The summed E-state index contributed by atoms with van der Waals surface area (Å²) in [5, 5.41) is 5.82. The van der Waals surface area contributed by atoms with Crippen molar-refractivity contribution in [1.29, 1.82) is 0 Å². The molecular weight excluding hydrogens is 269 g/mol. The number of carbonyl (C=O) groups excluding carboxylic acids is 1. The predicted octanol–water partition coefficient (Wildman–Crippen LogP) is 2.09. The van der Waals surface area contributed by atoms with Gasteiger partial charge >= 0.3 is 0 Å². The van der Waals surface area contributed by atoms with Crippen molar-refractivity contribution in [3.8, 4) is 0 Å².